The number of allylic oxidation sites excluding steroid dienone is 2. The highest BCUT2D eigenvalue weighted by molar-refractivity contribution is 6.13. The third-order valence-electron chi connectivity index (χ3n) is 10.9. The maximum Gasteiger partial charge on any atom is 0.132 e. The molecule has 0 fully saturated rings. The van der Waals surface area contributed by atoms with Gasteiger partial charge in [0.05, 0.1) is 16.4 Å². The van der Waals surface area contributed by atoms with E-state index in [0.717, 1.165) is 79.9 Å². The summed E-state index contributed by atoms with van der Waals surface area (Å²) in [7, 11) is 0. The lowest BCUT2D eigenvalue weighted by Gasteiger charge is -2.45. The van der Waals surface area contributed by atoms with Crippen molar-refractivity contribution in [3.8, 4) is 39.8 Å². The predicted octanol–water partition coefficient (Wildman–Crippen LogP) is 11.5. The first-order chi connectivity index (χ1) is 25.8. The van der Waals surface area contributed by atoms with E-state index in [1.807, 2.05) is 0 Å². The fourth-order valence-corrected chi connectivity index (χ4v) is 8.76. The fourth-order valence-electron chi connectivity index (χ4n) is 8.76. The van der Waals surface area contributed by atoms with E-state index in [4.69, 9.17) is 9.47 Å². The minimum Gasteiger partial charge on any atom is -0.457 e. The summed E-state index contributed by atoms with van der Waals surface area (Å²) in [6.07, 6.45) is 6.36. The zero-order valence-electron chi connectivity index (χ0n) is 28.2. The number of para-hydroxylation sites is 5. The maximum atomic E-state index is 7.09. The van der Waals surface area contributed by atoms with E-state index in [2.05, 4.69) is 186 Å². The van der Waals surface area contributed by atoms with E-state index in [0.29, 0.717) is 0 Å². The minimum atomic E-state index is -0.662. The smallest absolute Gasteiger partial charge is 0.132 e. The molecule has 1 aromatic heterocycles. The average Bonchev–Trinajstić information content (AvgIpc) is 3.56. The van der Waals surface area contributed by atoms with Gasteiger partial charge < -0.3 is 19.4 Å². The van der Waals surface area contributed by atoms with Crippen molar-refractivity contribution in [3.63, 3.8) is 0 Å². The van der Waals surface area contributed by atoms with Crippen LogP contribution < -0.4 is 14.8 Å². The van der Waals surface area contributed by atoms with E-state index in [-0.39, 0.29) is 0 Å². The largest absolute Gasteiger partial charge is 0.457 e. The molecule has 4 heterocycles. The summed E-state index contributed by atoms with van der Waals surface area (Å²) in [6.45, 7) is 0.795. The third kappa shape index (κ3) is 4.03. The van der Waals surface area contributed by atoms with Crippen molar-refractivity contribution in [2.24, 2.45) is 0 Å². The molecule has 0 radical (unpaired) electrons. The van der Waals surface area contributed by atoms with Gasteiger partial charge in [0.25, 0.3) is 0 Å². The van der Waals surface area contributed by atoms with Crippen molar-refractivity contribution in [2.75, 3.05) is 6.54 Å². The van der Waals surface area contributed by atoms with Gasteiger partial charge in [-0.25, -0.2) is 0 Å². The van der Waals surface area contributed by atoms with Gasteiger partial charge in [-0.15, -0.1) is 0 Å². The molecule has 0 saturated carbocycles. The van der Waals surface area contributed by atoms with Crippen LogP contribution in [0.4, 0.5) is 0 Å². The molecule has 0 saturated heterocycles. The lowest BCUT2D eigenvalue weighted by molar-refractivity contribution is 0.399. The molecule has 0 amide bonds. The van der Waals surface area contributed by atoms with Crippen LogP contribution in [0.2, 0.25) is 0 Å². The molecule has 8 aromatic rings. The Morgan fingerprint density at radius 3 is 1.88 bits per heavy atom. The quantitative estimate of drug-likeness (QED) is 0.204. The molecule has 3 aliphatic rings. The molecule has 11 rings (SSSR count). The van der Waals surface area contributed by atoms with Crippen LogP contribution in [0, 0.1) is 0 Å². The third-order valence-corrected chi connectivity index (χ3v) is 10.9. The topological polar surface area (TPSA) is 35.4 Å². The Hall–Kier alpha value is -6.78. The van der Waals surface area contributed by atoms with Crippen molar-refractivity contribution < 1.29 is 9.47 Å². The van der Waals surface area contributed by atoms with Crippen LogP contribution in [0.25, 0.3) is 44.3 Å². The second kappa shape index (κ2) is 11.1. The summed E-state index contributed by atoms with van der Waals surface area (Å²) >= 11 is 0. The van der Waals surface area contributed by atoms with Crippen LogP contribution in [-0.4, -0.2) is 11.1 Å². The second-order valence-electron chi connectivity index (χ2n) is 13.6. The molecule has 246 valence electrons. The highest BCUT2D eigenvalue weighted by atomic mass is 16.5. The minimum absolute atomic E-state index is 0.662. The molecule has 0 unspecified atom stereocenters. The van der Waals surface area contributed by atoms with Crippen LogP contribution in [0.15, 0.2) is 176 Å². The molecule has 0 atom stereocenters. The van der Waals surface area contributed by atoms with Crippen LogP contribution in [0.5, 0.6) is 23.0 Å². The molecule has 1 spiro atoms. The summed E-state index contributed by atoms with van der Waals surface area (Å²) in [6, 6.07) is 56.4. The Kier molecular flexibility index (Phi) is 6.20. The van der Waals surface area contributed by atoms with Crippen LogP contribution >= 0.6 is 0 Å². The SMILES string of the molecule is C1=CCNC(c2ccc3c(c2)Oc2cc(-c4cccc5c6ccccc6n(-c6ccccc6)c45)ccc2C32c3ccccc3Oc3ccccc32)=C1. The summed E-state index contributed by atoms with van der Waals surface area (Å²) in [5, 5.41) is 5.99. The Bertz CT molecular complexity index is 2760. The van der Waals surface area contributed by atoms with Gasteiger partial charge in [0, 0.05) is 62.1 Å². The fraction of sp³-hybridized carbons (Fsp3) is 0.0417. The molecular formula is C48H32N2O2. The Balaban J connectivity index is 1.20. The maximum absolute atomic E-state index is 7.09. The lowest BCUT2D eigenvalue weighted by atomic mass is 9.62. The summed E-state index contributed by atoms with van der Waals surface area (Å²) in [4.78, 5) is 0. The lowest BCUT2D eigenvalue weighted by Crippen LogP contribution is -2.36. The molecule has 0 bridgehead atoms. The number of hydrogen-bond donors (Lipinski definition) is 1. The van der Waals surface area contributed by atoms with E-state index in [1.54, 1.807) is 0 Å². The summed E-state index contributed by atoms with van der Waals surface area (Å²) < 4.78 is 16.1. The summed E-state index contributed by atoms with van der Waals surface area (Å²) in [5.41, 5.74) is 11.6. The van der Waals surface area contributed by atoms with E-state index < -0.39 is 5.41 Å². The van der Waals surface area contributed by atoms with Gasteiger partial charge in [-0.3, -0.25) is 0 Å². The van der Waals surface area contributed by atoms with Crippen molar-refractivity contribution in [1.29, 1.82) is 0 Å². The molecule has 7 aromatic carbocycles. The Labute approximate surface area is 301 Å². The number of nitrogens with one attached hydrogen (secondary N) is 1. The summed E-state index contributed by atoms with van der Waals surface area (Å²) in [5.74, 6) is 3.38. The standard InChI is InChI=1S/C48H32N2O2/c1-2-13-33(14-3-1)50-42-21-7-4-15-35(42)36-17-12-16-34(47(36)50)31-24-26-39-45(29-31)52-46-30-32(41-20-10-11-28-49-41)25-27-40(46)48(39)37-18-5-8-22-43(37)51-44-23-9-6-19-38(44)48/h1-27,29-30,49H,28H2. The number of ether oxygens (including phenoxy) is 2. The molecule has 1 N–H and O–H groups in total. The molecule has 4 nitrogen and oxygen atoms in total. The molecule has 0 aliphatic carbocycles. The van der Waals surface area contributed by atoms with Crippen LogP contribution in [0.3, 0.4) is 0 Å². The van der Waals surface area contributed by atoms with Crippen molar-refractivity contribution in [1.82, 2.24) is 9.88 Å². The van der Waals surface area contributed by atoms with Gasteiger partial charge in [-0.2, -0.15) is 0 Å². The Morgan fingerprint density at radius 1 is 0.519 bits per heavy atom. The van der Waals surface area contributed by atoms with E-state index >= 15 is 0 Å². The molecule has 3 aliphatic heterocycles. The number of nitrogens with zero attached hydrogens (tertiary/aromatic N) is 1. The van der Waals surface area contributed by atoms with Crippen molar-refractivity contribution in [2.45, 2.75) is 5.41 Å². The van der Waals surface area contributed by atoms with E-state index in [9.17, 15) is 0 Å². The molecule has 4 heteroatoms. The first-order valence-corrected chi connectivity index (χ1v) is 17.8. The second-order valence-corrected chi connectivity index (χ2v) is 13.6. The number of aromatic nitrogens is 1. The zero-order valence-corrected chi connectivity index (χ0v) is 28.2. The highest BCUT2D eigenvalue weighted by Crippen LogP contribution is 2.62. The molecular weight excluding hydrogens is 637 g/mol. The van der Waals surface area contributed by atoms with E-state index in [1.165, 1.54) is 21.8 Å². The number of fused-ring (bicyclic) bond motifs is 11. The van der Waals surface area contributed by atoms with Gasteiger partial charge in [0.2, 0.25) is 0 Å². The van der Waals surface area contributed by atoms with Crippen LogP contribution in [0.1, 0.15) is 27.8 Å². The average molecular weight is 669 g/mol. The van der Waals surface area contributed by atoms with Gasteiger partial charge >= 0.3 is 0 Å². The van der Waals surface area contributed by atoms with Gasteiger partial charge in [0.15, 0.2) is 0 Å². The monoisotopic (exact) mass is 668 g/mol. The normalized spacial score (nSPS) is 14.7. The Morgan fingerprint density at radius 2 is 1.13 bits per heavy atom. The number of hydrogen-bond acceptors (Lipinski definition) is 3. The first-order valence-electron chi connectivity index (χ1n) is 17.8. The first kappa shape index (κ1) is 29.0. The van der Waals surface area contributed by atoms with Gasteiger partial charge in [-0.1, -0.05) is 127 Å². The zero-order chi connectivity index (χ0) is 34.2. The van der Waals surface area contributed by atoms with Crippen molar-refractivity contribution >= 4 is 27.5 Å². The number of dihydropyridines is 1. The van der Waals surface area contributed by atoms with Crippen LogP contribution in [-0.2, 0) is 5.41 Å². The van der Waals surface area contributed by atoms with Gasteiger partial charge in [-0.05, 0) is 54.1 Å². The number of rotatable bonds is 3. The highest BCUT2D eigenvalue weighted by Gasteiger charge is 2.50. The molecule has 52 heavy (non-hydrogen) atoms. The van der Waals surface area contributed by atoms with Crippen molar-refractivity contribution in [3.05, 3.63) is 204 Å². The number of benzene rings is 7. The van der Waals surface area contributed by atoms with Gasteiger partial charge in [0.1, 0.15) is 23.0 Å². The predicted molar refractivity (Wildman–Crippen MR) is 210 cm³/mol.